The first-order chi connectivity index (χ1) is 14.6. The molecule has 0 bridgehead atoms. The Labute approximate surface area is 187 Å². The summed E-state index contributed by atoms with van der Waals surface area (Å²) in [7, 11) is -3.36. The van der Waals surface area contributed by atoms with Gasteiger partial charge < -0.3 is 14.2 Å². The molecule has 4 aliphatic rings. The van der Waals surface area contributed by atoms with Gasteiger partial charge in [-0.05, 0) is 94.3 Å². The molecule has 0 heterocycles. The maximum Gasteiger partial charge on any atom is 0.334 e. The van der Waals surface area contributed by atoms with Gasteiger partial charge in [-0.1, -0.05) is 25.5 Å². The highest BCUT2D eigenvalue weighted by Gasteiger charge is 2.65. The van der Waals surface area contributed by atoms with Gasteiger partial charge in [0.1, 0.15) is 5.78 Å². The monoisotopic (exact) mass is 452 g/mol. The van der Waals surface area contributed by atoms with Crippen LogP contribution < -0.4 is 0 Å². The minimum atomic E-state index is -3.36. The van der Waals surface area contributed by atoms with Crippen molar-refractivity contribution in [2.45, 2.75) is 91.3 Å². The van der Waals surface area contributed by atoms with Crippen molar-refractivity contribution < 1.29 is 23.5 Å². The molecule has 3 fully saturated rings. The highest BCUT2D eigenvalue weighted by molar-refractivity contribution is 7.54. The number of aliphatic hydroxyl groups is 1. The Morgan fingerprint density at radius 1 is 1.16 bits per heavy atom. The number of hydrogen-bond donors (Lipinski definition) is 1. The summed E-state index contributed by atoms with van der Waals surface area (Å²) in [6.07, 6.45) is 8.78. The average Bonchev–Trinajstić information content (AvgIpc) is 3.03. The van der Waals surface area contributed by atoms with Crippen LogP contribution in [0.25, 0.3) is 0 Å². The number of Topliss-reactive ketones (excluding diaryl/α,β-unsaturated/α-hetero) is 1. The summed E-state index contributed by atoms with van der Waals surface area (Å²) >= 11 is 0. The molecule has 0 aromatic heterocycles. The summed E-state index contributed by atoms with van der Waals surface area (Å²) in [6.45, 7) is 10.7. The van der Waals surface area contributed by atoms with Crippen LogP contribution in [-0.2, 0) is 18.4 Å². The molecule has 0 aliphatic heterocycles. The summed E-state index contributed by atoms with van der Waals surface area (Å²) in [5.74, 6) is 1.27. The van der Waals surface area contributed by atoms with Crippen LogP contribution in [0.1, 0.15) is 79.6 Å². The fraction of sp³-hybridized carbons (Fsp3) is 0.880. The van der Waals surface area contributed by atoms with E-state index >= 15 is 0 Å². The molecule has 5 nitrogen and oxygen atoms in total. The van der Waals surface area contributed by atoms with Gasteiger partial charge in [-0.3, -0.25) is 9.36 Å². The molecule has 0 amide bonds. The SMILES string of the molecule is CCOP(=O)(OCC)[C@H]1C[C@H]2[C@@H]3CC=C4C[C@@H](O)CC[C@]4(C)[C@H]3CC[C@]2(C)[C@H]1C(C)=O. The minimum absolute atomic E-state index is 0.132. The van der Waals surface area contributed by atoms with Crippen molar-refractivity contribution in [1.29, 1.82) is 0 Å². The maximum absolute atomic E-state index is 13.9. The first-order valence-electron chi connectivity index (χ1n) is 12.4. The number of carbonyl (C=O) groups excluding carboxylic acids is 1. The molecular weight excluding hydrogens is 411 g/mol. The molecule has 0 aromatic carbocycles. The largest absolute Gasteiger partial charge is 0.393 e. The quantitative estimate of drug-likeness (QED) is 0.410. The highest BCUT2D eigenvalue weighted by atomic mass is 31.2. The molecule has 6 heteroatoms. The van der Waals surface area contributed by atoms with Crippen molar-refractivity contribution in [3.63, 3.8) is 0 Å². The van der Waals surface area contributed by atoms with Gasteiger partial charge in [-0.15, -0.1) is 0 Å². The number of fused-ring (bicyclic) bond motifs is 5. The predicted octanol–water partition coefficient (Wildman–Crippen LogP) is 5.76. The van der Waals surface area contributed by atoms with Crippen molar-refractivity contribution in [2.75, 3.05) is 13.2 Å². The molecule has 0 aromatic rings. The molecule has 4 aliphatic carbocycles. The Morgan fingerprint density at radius 2 is 1.84 bits per heavy atom. The minimum Gasteiger partial charge on any atom is -0.393 e. The van der Waals surface area contributed by atoms with Crippen molar-refractivity contribution >= 4 is 13.4 Å². The molecule has 31 heavy (non-hydrogen) atoms. The second kappa shape index (κ2) is 8.38. The topological polar surface area (TPSA) is 72.8 Å². The molecule has 0 radical (unpaired) electrons. The predicted molar refractivity (Wildman–Crippen MR) is 122 cm³/mol. The second-order valence-electron chi connectivity index (χ2n) is 11.0. The van der Waals surface area contributed by atoms with Gasteiger partial charge in [0, 0.05) is 5.92 Å². The van der Waals surface area contributed by atoms with Crippen LogP contribution >= 0.6 is 7.60 Å². The van der Waals surface area contributed by atoms with Crippen LogP contribution in [0, 0.1) is 34.5 Å². The lowest BCUT2D eigenvalue weighted by molar-refractivity contribution is -0.127. The van der Waals surface area contributed by atoms with E-state index in [1.807, 2.05) is 13.8 Å². The van der Waals surface area contributed by atoms with Crippen molar-refractivity contribution in [3.8, 4) is 0 Å². The van der Waals surface area contributed by atoms with E-state index in [-0.39, 0.29) is 34.3 Å². The molecule has 4 rings (SSSR count). The average molecular weight is 453 g/mol. The van der Waals surface area contributed by atoms with Gasteiger partial charge in [0.05, 0.1) is 25.0 Å². The Balaban J connectivity index is 1.71. The molecular formula is C25H41O5P. The van der Waals surface area contributed by atoms with E-state index in [1.54, 1.807) is 6.92 Å². The van der Waals surface area contributed by atoms with E-state index in [1.165, 1.54) is 5.57 Å². The van der Waals surface area contributed by atoms with Gasteiger partial charge in [0.15, 0.2) is 0 Å². The van der Waals surface area contributed by atoms with Crippen molar-refractivity contribution in [2.24, 2.45) is 34.5 Å². The fourth-order valence-electron chi connectivity index (χ4n) is 8.29. The number of allylic oxidation sites excluding steroid dienone is 1. The van der Waals surface area contributed by atoms with Crippen LogP contribution in [0.3, 0.4) is 0 Å². The van der Waals surface area contributed by atoms with Gasteiger partial charge in [0.25, 0.3) is 0 Å². The van der Waals surface area contributed by atoms with Gasteiger partial charge in [-0.2, -0.15) is 0 Å². The first kappa shape index (κ1) is 23.7. The third-order valence-electron chi connectivity index (χ3n) is 9.57. The van der Waals surface area contributed by atoms with Crippen molar-refractivity contribution in [1.82, 2.24) is 0 Å². The zero-order valence-electron chi connectivity index (χ0n) is 19.9. The smallest absolute Gasteiger partial charge is 0.334 e. The van der Waals surface area contributed by atoms with E-state index in [0.717, 1.165) is 44.9 Å². The molecule has 0 saturated heterocycles. The molecule has 176 valence electrons. The highest BCUT2D eigenvalue weighted by Crippen LogP contribution is 2.72. The lowest BCUT2D eigenvalue weighted by atomic mass is 9.47. The first-order valence-corrected chi connectivity index (χ1v) is 14.0. The lowest BCUT2D eigenvalue weighted by Gasteiger charge is -2.57. The van der Waals surface area contributed by atoms with E-state index in [2.05, 4.69) is 19.9 Å². The van der Waals surface area contributed by atoms with Crippen LogP contribution in [0.15, 0.2) is 11.6 Å². The Morgan fingerprint density at radius 3 is 2.45 bits per heavy atom. The van der Waals surface area contributed by atoms with Crippen molar-refractivity contribution in [3.05, 3.63) is 11.6 Å². The molecule has 0 spiro atoms. The molecule has 0 unspecified atom stereocenters. The fourth-order valence-corrected chi connectivity index (χ4v) is 10.9. The van der Waals surface area contributed by atoms with Crippen LogP contribution in [-0.4, -0.2) is 35.9 Å². The van der Waals surface area contributed by atoms with E-state index < -0.39 is 7.60 Å². The third-order valence-corrected chi connectivity index (χ3v) is 12.1. The van der Waals surface area contributed by atoms with Gasteiger partial charge in [0.2, 0.25) is 0 Å². The lowest BCUT2D eigenvalue weighted by Crippen LogP contribution is -2.51. The standard InChI is InChI=1S/C25H41O5P/c1-6-29-31(28,30-7-2)22-15-21-19-9-8-17-14-18(27)10-12-24(17,4)20(19)11-13-25(21,5)23(22)16(3)26/h8,18-23,27H,6-7,9-15H2,1-5H3/t18-,19+,20-,21-,22-,23-,24-,25-/m0/s1. The number of hydrogen-bond acceptors (Lipinski definition) is 5. The summed E-state index contributed by atoms with van der Waals surface area (Å²) in [5, 5.41) is 10.2. The third kappa shape index (κ3) is 3.63. The van der Waals surface area contributed by atoms with E-state index in [0.29, 0.717) is 31.0 Å². The summed E-state index contributed by atoms with van der Waals surface area (Å²) in [4.78, 5) is 13.0. The maximum atomic E-state index is 13.9. The normalized spacial score (nSPS) is 44.8. The molecule has 1 N–H and O–H groups in total. The summed E-state index contributed by atoms with van der Waals surface area (Å²) < 4.78 is 25.4. The Kier molecular flexibility index (Phi) is 6.40. The van der Waals surface area contributed by atoms with E-state index in [4.69, 9.17) is 9.05 Å². The Bertz CT molecular complexity index is 783. The zero-order chi connectivity index (χ0) is 22.6. The zero-order valence-corrected chi connectivity index (χ0v) is 20.8. The second-order valence-corrected chi connectivity index (χ2v) is 13.2. The molecule has 3 saturated carbocycles. The summed E-state index contributed by atoms with van der Waals surface area (Å²) in [5.41, 5.74) is 1.10. The number of ketones is 1. The van der Waals surface area contributed by atoms with Crippen LogP contribution in [0.2, 0.25) is 0 Å². The summed E-state index contributed by atoms with van der Waals surface area (Å²) in [6, 6.07) is 0. The number of carbonyl (C=O) groups is 1. The van der Waals surface area contributed by atoms with Crippen LogP contribution in [0.5, 0.6) is 0 Å². The molecule has 8 atom stereocenters. The van der Waals surface area contributed by atoms with Gasteiger partial charge >= 0.3 is 7.60 Å². The number of aliphatic hydroxyl groups excluding tert-OH is 1. The van der Waals surface area contributed by atoms with Crippen LogP contribution in [0.4, 0.5) is 0 Å². The Hall–Kier alpha value is -0.480. The van der Waals surface area contributed by atoms with Gasteiger partial charge in [-0.25, -0.2) is 0 Å². The number of rotatable bonds is 6. The van der Waals surface area contributed by atoms with E-state index in [9.17, 15) is 14.5 Å².